The van der Waals surface area contributed by atoms with Gasteiger partial charge in [0.25, 0.3) is 0 Å². The maximum absolute atomic E-state index is 11.5. The van der Waals surface area contributed by atoms with Crippen LogP contribution in [0.15, 0.2) is 0 Å². The topological polar surface area (TPSA) is 124 Å². The first-order valence-electron chi connectivity index (χ1n) is 5.34. The molecule has 0 bridgehead atoms. The number of carboxylic acid groups (broad SMARTS) is 2. The summed E-state index contributed by atoms with van der Waals surface area (Å²) in [6.07, 6.45) is 0.317. The minimum absolute atomic E-state index is 0.302. The molecule has 0 aliphatic rings. The average molecular weight is 276 g/mol. The van der Waals surface area contributed by atoms with Crippen LogP contribution < -0.4 is 5.32 Å². The van der Waals surface area contributed by atoms with E-state index in [2.05, 4.69) is 5.32 Å². The molecule has 0 aliphatic heterocycles. The molecule has 3 N–H and O–H groups in total. The second-order valence-electron chi connectivity index (χ2n) is 3.56. The number of rotatable bonds is 8. The summed E-state index contributed by atoms with van der Waals surface area (Å²) < 4.78 is 0. The molecule has 0 atom stereocenters. The SMILES string of the molecule is O=C(O)CN(CC(=O)O)C(=O)CNC(=O)CC[SiH3]. The number of amides is 2. The van der Waals surface area contributed by atoms with Gasteiger partial charge in [0.15, 0.2) is 0 Å². The predicted molar refractivity (Wildman–Crippen MR) is 64.2 cm³/mol. The standard InChI is InChI=1S/C9H16N2O6Si/c12-6(1-2-18)10-3-7(13)11(4-8(14)15)5-9(16)17/h1-5H2,18H3,(H,10,12)(H,14,15)(H,16,17). The molecule has 8 nitrogen and oxygen atoms in total. The highest BCUT2D eigenvalue weighted by atomic mass is 28.1. The molecule has 0 aromatic rings. The number of carbonyl (C=O) groups is 4. The Morgan fingerprint density at radius 3 is 1.94 bits per heavy atom. The van der Waals surface area contributed by atoms with Gasteiger partial charge in [0.05, 0.1) is 6.54 Å². The van der Waals surface area contributed by atoms with Crippen LogP contribution >= 0.6 is 0 Å². The molecule has 0 saturated carbocycles. The van der Waals surface area contributed by atoms with Crippen LogP contribution in [0.1, 0.15) is 6.42 Å². The first-order chi connectivity index (χ1) is 8.36. The fourth-order valence-corrected chi connectivity index (χ4v) is 1.61. The summed E-state index contributed by atoms with van der Waals surface area (Å²) in [6, 6.07) is 0.758. The van der Waals surface area contributed by atoms with Gasteiger partial charge in [-0.15, -0.1) is 0 Å². The van der Waals surface area contributed by atoms with E-state index in [4.69, 9.17) is 10.2 Å². The number of nitrogens with zero attached hydrogens (tertiary/aromatic N) is 1. The summed E-state index contributed by atoms with van der Waals surface area (Å²) in [7, 11) is 0.872. The summed E-state index contributed by atoms with van der Waals surface area (Å²) >= 11 is 0. The summed E-state index contributed by atoms with van der Waals surface area (Å²) in [5.74, 6) is -3.66. The third-order valence-corrected chi connectivity index (χ3v) is 2.42. The van der Waals surface area contributed by atoms with Crippen LogP contribution in [0, 0.1) is 0 Å². The second-order valence-corrected chi connectivity index (χ2v) is 4.56. The molecule has 0 spiro atoms. The van der Waals surface area contributed by atoms with Crippen LogP contribution in [0.25, 0.3) is 0 Å². The van der Waals surface area contributed by atoms with Crippen molar-refractivity contribution in [1.29, 1.82) is 0 Å². The first-order valence-corrected chi connectivity index (χ1v) is 6.76. The van der Waals surface area contributed by atoms with Gasteiger partial charge >= 0.3 is 11.9 Å². The van der Waals surface area contributed by atoms with Crippen LogP contribution in [-0.2, 0) is 19.2 Å². The quantitative estimate of drug-likeness (QED) is 0.414. The lowest BCUT2D eigenvalue weighted by Gasteiger charge is -2.18. The number of carboxylic acids is 2. The summed E-state index contributed by atoms with van der Waals surface area (Å²) in [6.45, 7) is -1.80. The van der Waals surface area contributed by atoms with Gasteiger partial charge in [-0.05, 0) is 0 Å². The van der Waals surface area contributed by atoms with E-state index in [0.717, 1.165) is 16.3 Å². The molecule has 0 saturated heterocycles. The molecule has 0 heterocycles. The maximum Gasteiger partial charge on any atom is 0.323 e. The normalized spacial score (nSPS) is 9.78. The highest BCUT2D eigenvalue weighted by Gasteiger charge is 2.19. The highest BCUT2D eigenvalue weighted by Crippen LogP contribution is 1.91. The van der Waals surface area contributed by atoms with E-state index in [1.165, 1.54) is 0 Å². The fraction of sp³-hybridized carbons (Fsp3) is 0.556. The Morgan fingerprint density at radius 2 is 1.56 bits per heavy atom. The number of hydrogen-bond donors (Lipinski definition) is 3. The number of hydrogen-bond acceptors (Lipinski definition) is 4. The van der Waals surface area contributed by atoms with Gasteiger partial charge < -0.3 is 20.4 Å². The monoisotopic (exact) mass is 276 g/mol. The van der Waals surface area contributed by atoms with Gasteiger partial charge in [-0.1, -0.05) is 6.04 Å². The number of nitrogens with one attached hydrogen (secondary N) is 1. The molecule has 0 unspecified atom stereocenters. The van der Waals surface area contributed by atoms with Crippen molar-refractivity contribution >= 4 is 34.0 Å². The minimum atomic E-state index is -1.31. The van der Waals surface area contributed by atoms with Gasteiger partial charge in [0, 0.05) is 16.7 Å². The van der Waals surface area contributed by atoms with E-state index in [1.54, 1.807) is 0 Å². The Balaban J connectivity index is 4.32. The third-order valence-electron chi connectivity index (χ3n) is 1.92. The third kappa shape index (κ3) is 7.38. The lowest BCUT2D eigenvalue weighted by molar-refractivity contribution is -0.149. The molecule has 0 aromatic carbocycles. The van der Waals surface area contributed by atoms with E-state index >= 15 is 0 Å². The Morgan fingerprint density at radius 1 is 1.06 bits per heavy atom. The van der Waals surface area contributed by atoms with Crippen molar-refractivity contribution in [2.45, 2.75) is 12.5 Å². The molecular weight excluding hydrogens is 260 g/mol. The van der Waals surface area contributed by atoms with E-state index in [0.29, 0.717) is 11.3 Å². The number of carbonyl (C=O) groups excluding carboxylic acids is 2. The van der Waals surface area contributed by atoms with Crippen molar-refractivity contribution in [3.63, 3.8) is 0 Å². The Hall–Kier alpha value is -1.90. The second kappa shape index (κ2) is 8.23. The van der Waals surface area contributed by atoms with Gasteiger partial charge in [0.1, 0.15) is 13.1 Å². The predicted octanol–water partition coefficient (Wildman–Crippen LogP) is -2.73. The summed E-state index contributed by atoms with van der Waals surface area (Å²) in [4.78, 5) is 44.2. The molecule has 0 rings (SSSR count). The van der Waals surface area contributed by atoms with Gasteiger partial charge in [-0.2, -0.15) is 0 Å². The van der Waals surface area contributed by atoms with E-state index in [9.17, 15) is 19.2 Å². The molecule has 18 heavy (non-hydrogen) atoms. The molecular formula is C9H16N2O6Si. The Labute approximate surface area is 106 Å². The average Bonchev–Trinajstić information content (AvgIpc) is 2.24. The smallest absolute Gasteiger partial charge is 0.323 e. The van der Waals surface area contributed by atoms with Crippen LogP contribution in [-0.4, -0.2) is 68.7 Å². The molecule has 2 amide bonds. The van der Waals surface area contributed by atoms with Crippen LogP contribution in [0.3, 0.4) is 0 Å². The summed E-state index contributed by atoms with van der Waals surface area (Å²) in [5, 5.41) is 19.4. The van der Waals surface area contributed by atoms with Crippen molar-refractivity contribution < 1.29 is 29.4 Å². The maximum atomic E-state index is 11.5. The Kier molecular flexibility index (Phi) is 7.36. The van der Waals surface area contributed by atoms with Gasteiger partial charge in [0.2, 0.25) is 11.8 Å². The number of aliphatic carboxylic acids is 2. The molecule has 102 valence electrons. The zero-order valence-electron chi connectivity index (χ0n) is 10.0. The zero-order valence-corrected chi connectivity index (χ0v) is 12.0. The zero-order chi connectivity index (χ0) is 14.1. The van der Waals surface area contributed by atoms with Crippen molar-refractivity contribution in [3.05, 3.63) is 0 Å². The van der Waals surface area contributed by atoms with E-state index in [-0.39, 0.29) is 12.5 Å². The van der Waals surface area contributed by atoms with Crippen LogP contribution in [0.4, 0.5) is 0 Å². The van der Waals surface area contributed by atoms with Crippen molar-refractivity contribution in [2.24, 2.45) is 0 Å². The minimum Gasteiger partial charge on any atom is -0.480 e. The van der Waals surface area contributed by atoms with E-state index in [1.807, 2.05) is 0 Å². The lowest BCUT2D eigenvalue weighted by atomic mass is 10.4. The van der Waals surface area contributed by atoms with Crippen molar-refractivity contribution in [1.82, 2.24) is 10.2 Å². The van der Waals surface area contributed by atoms with Crippen molar-refractivity contribution in [2.75, 3.05) is 19.6 Å². The van der Waals surface area contributed by atoms with Crippen LogP contribution in [0.2, 0.25) is 6.04 Å². The van der Waals surface area contributed by atoms with E-state index < -0.39 is 30.9 Å². The van der Waals surface area contributed by atoms with Gasteiger partial charge in [-0.25, -0.2) is 0 Å². The molecule has 0 fully saturated rings. The Bertz CT molecular complexity index is 330. The van der Waals surface area contributed by atoms with Gasteiger partial charge in [-0.3, -0.25) is 19.2 Å². The fourth-order valence-electron chi connectivity index (χ4n) is 1.16. The molecule has 0 aromatic heterocycles. The van der Waals surface area contributed by atoms with Crippen molar-refractivity contribution in [3.8, 4) is 0 Å². The first kappa shape index (κ1) is 16.1. The summed E-state index contributed by atoms with van der Waals surface area (Å²) in [5.41, 5.74) is 0. The highest BCUT2D eigenvalue weighted by molar-refractivity contribution is 6.10. The molecule has 0 radical (unpaired) electrons. The molecule has 0 aliphatic carbocycles. The molecule has 9 heteroatoms. The lowest BCUT2D eigenvalue weighted by Crippen LogP contribution is -2.44. The largest absolute Gasteiger partial charge is 0.480 e. The van der Waals surface area contributed by atoms with Crippen LogP contribution in [0.5, 0.6) is 0 Å².